The molecule has 1 aliphatic carbocycles. The lowest BCUT2D eigenvalue weighted by molar-refractivity contribution is -0.142. The molecule has 2 aromatic rings. The minimum absolute atomic E-state index is 0.280. The third kappa shape index (κ3) is 4.21. The second kappa shape index (κ2) is 8.06. The SMILES string of the molecule is COC(=O)C1C=CC=C(N=C(c2ccccc2)c2ccccc2)C=C1. The van der Waals surface area contributed by atoms with E-state index in [9.17, 15) is 4.79 Å². The molecule has 1 atom stereocenters. The zero-order valence-electron chi connectivity index (χ0n) is 14.0. The summed E-state index contributed by atoms with van der Waals surface area (Å²) >= 11 is 0. The van der Waals surface area contributed by atoms with E-state index in [1.165, 1.54) is 7.11 Å². The van der Waals surface area contributed by atoms with Gasteiger partial charge < -0.3 is 4.74 Å². The van der Waals surface area contributed by atoms with Crippen LogP contribution in [0.2, 0.25) is 0 Å². The van der Waals surface area contributed by atoms with Crippen LogP contribution in [0.4, 0.5) is 0 Å². The molecule has 3 rings (SSSR count). The van der Waals surface area contributed by atoms with Crippen LogP contribution in [0.3, 0.4) is 0 Å². The van der Waals surface area contributed by atoms with Crippen LogP contribution >= 0.6 is 0 Å². The highest BCUT2D eigenvalue weighted by atomic mass is 16.5. The average molecular weight is 329 g/mol. The summed E-state index contributed by atoms with van der Waals surface area (Å²) in [5, 5.41) is 0. The van der Waals surface area contributed by atoms with Gasteiger partial charge in [-0.3, -0.25) is 4.79 Å². The average Bonchev–Trinajstić information content (AvgIpc) is 2.92. The zero-order chi connectivity index (χ0) is 17.5. The number of esters is 1. The molecule has 2 aromatic carbocycles. The molecule has 0 spiro atoms. The van der Waals surface area contributed by atoms with E-state index in [1.54, 1.807) is 12.2 Å². The summed E-state index contributed by atoms with van der Waals surface area (Å²) < 4.78 is 4.80. The molecule has 0 aromatic heterocycles. The maximum Gasteiger partial charge on any atom is 0.316 e. The highest BCUT2D eigenvalue weighted by molar-refractivity contribution is 6.13. The van der Waals surface area contributed by atoms with Gasteiger partial charge in [0.25, 0.3) is 0 Å². The van der Waals surface area contributed by atoms with E-state index >= 15 is 0 Å². The summed E-state index contributed by atoms with van der Waals surface area (Å²) in [6.45, 7) is 0. The van der Waals surface area contributed by atoms with Gasteiger partial charge in [0.15, 0.2) is 0 Å². The fourth-order valence-electron chi connectivity index (χ4n) is 2.58. The molecule has 0 bridgehead atoms. The molecule has 25 heavy (non-hydrogen) atoms. The molecule has 1 unspecified atom stereocenters. The maximum atomic E-state index is 11.7. The zero-order valence-corrected chi connectivity index (χ0v) is 14.0. The Morgan fingerprint density at radius 1 is 0.920 bits per heavy atom. The molecule has 3 nitrogen and oxygen atoms in total. The molecule has 0 saturated heterocycles. The third-order valence-electron chi connectivity index (χ3n) is 3.87. The Balaban J connectivity index is 1.99. The van der Waals surface area contributed by atoms with Crippen molar-refractivity contribution < 1.29 is 9.53 Å². The van der Waals surface area contributed by atoms with Crippen LogP contribution in [0.15, 0.2) is 102 Å². The van der Waals surface area contributed by atoms with Gasteiger partial charge in [-0.2, -0.15) is 0 Å². The summed E-state index contributed by atoms with van der Waals surface area (Å²) in [7, 11) is 1.39. The van der Waals surface area contributed by atoms with Crippen LogP contribution < -0.4 is 0 Å². The van der Waals surface area contributed by atoms with Crippen LogP contribution in [0.1, 0.15) is 11.1 Å². The second-order valence-electron chi connectivity index (χ2n) is 5.58. The summed E-state index contributed by atoms with van der Waals surface area (Å²) in [5.74, 6) is -0.664. The minimum Gasteiger partial charge on any atom is -0.468 e. The standard InChI is InChI=1S/C22H19NO2/c1-25-22(24)19-13-8-14-20(16-15-19)23-21(17-9-4-2-5-10-17)18-11-6-3-7-12-18/h2-16,19H,1H3. The Morgan fingerprint density at radius 2 is 1.52 bits per heavy atom. The molecule has 0 fully saturated rings. The van der Waals surface area contributed by atoms with Gasteiger partial charge in [0, 0.05) is 11.1 Å². The van der Waals surface area contributed by atoms with Crippen LogP contribution in [-0.2, 0) is 9.53 Å². The van der Waals surface area contributed by atoms with Gasteiger partial charge in [-0.1, -0.05) is 78.9 Å². The minimum atomic E-state index is -0.383. The molecule has 0 aliphatic heterocycles. The lowest BCUT2D eigenvalue weighted by Crippen LogP contribution is -2.10. The normalized spacial score (nSPS) is 15.9. The smallest absolute Gasteiger partial charge is 0.316 e. The number of carbonyl (C=O) groups excluding carboxylic acids is 1. The monoisotopic (exact) mass is 329 g/mol. The first kappa shape index (κ1) is 16.7. The number of aliphatic imine (C=N–C) groups is 1. The fourth-order valence-corrected chi connectivity index (χ4v) is 2.58. The van der Waals surface area contributed by atoms with Gasteiger partial charge in [0.1, 0.15) is 0 Å². The van der Waals surface area contributed by atoms with Crippen LogP contribution in [0, 0.1) is 5.92 Å². The van der Waals surface area contributed by atoms with Crippen molar-refractivity contribution in [2.45, 2.75) is 0 Å². The first-order valence-electron chi connectivity index (χ1n) is 8.12. The topological polar surface area (TPSA) is 38.7 Å². The van der Waals surface area contributed by atoms with E-state index in [-0.39, 0.29) is 11.9 Å². The van der Waals surface area contributed by atoms with Crippen molar-refractivity contribution in [3.63, 3.8) is 0 Å². The molecule has 0 N–H and O–H groups in total. The number of carbonyl (C=O) groups is 1. The number of hydrogen-bond acceptors (Lipinski definition) is 3. The number of hydrogen-bond donors (Lipinski definition) is 0. The van der Waals surface area contributed by atoms with Gasteiger partial charge in [0.05, 0.1) is 24.4 Å². The molecule has 0 radical (unpaired) electrons. The van der Waals surface area contributed by atoms with Crippen molar-refractivity contribution in [1.82, 2.24) is 0 Å². The molecule has 0 saturated carbocycles. The largest absolute Gasteiger partial charge is 0.468 e. The van der Waals surface area contributed by atoms with Gasteiger partial charge >= 0.3 is 5.97 Å². The molecule has 1 aliphatic rings. The van der Waals surface area contributed by atoms with E-state index in [1.807, 2.05) is 78.9 Å². The highest BCUT2D eigenvalue weighted by Gasteiger charge is 2.13. The Morgan fingerprint density at radius 3 is 2.08 bits per heavy atom. The maximum absolute atomic E-state index is 11.7. The number of methoxy groups -OCH3 is 1. The molecular weight excluding hydrogens is 310 g/mol. The summed E-state index contributed by atoms with van der Waals surface area (Å²) in [5.41, 5.74) is 3.76. The van der Waals surface area contributed by atoms with Crippen LogP contribution in [0.25, 0.3) is 0 Å². The lowest BCUT2D eigenvalue weighted by atomic mass is 10.0. The number of nitrogens with zero attached hydrogens (tertiary/aromatic N) is 1. The fraction of sp³-hybridized carbons (Fsp3) is 0.0909. The molecular formula is C22H19NO2. The van der Waals surface area contributed by atoms with E-state index < -0.39 is 0 Å². The number of ether oxygens (including phenoxy) is 1. The quantitative estimate of drug-likeness (QED) is 0.619. The Bertz CT molecular complexity index is 805. The lowest BCUT2D eigenvalue weighted by Gasteiger charge is -2.08. The number of allylic oxidation sites excluding steroid dienone is 3. The number of rotatable bonds is 4. The van der Waals surface area contributed by atoms with Gasteiger partial charge in [-0.25, -0.2) is 4.99 Å². The molecule has 0 amide bonds. The Hall–Kier alpha value is -3.20. The molecule has 0 heterocycles. The van der Waals surface area contributed by atoms with Crippen molar-refractivity contribution >= 4 is 11.7 Å². The van der Waals surface area contributed by atoms with E-state index in [2.05, 4.69) is 0 Å². The summed E-state index contributed by atoms with van der Waals surface area (Å²) in [4.78, 5) is 16.6. The first-order chi connectivity index (χ1) is 12.3. The molecule has 124 valence electrons. The molecule has 3 heteroatoms. The predicted octanol–water partition coefficient (Wildman–Crippen LogP) is 4.32. The van der Waals surface area contributed by atoms with Crippen LogP contribution in [0.5, 0.6) is 0 Å². The van der Waals surface area contributed by atoms with E-state index in [0.717, 1.165) is 22.5 Å². The Kier molecular flexibility index (Phi) is 5.37. The first-order valence-corrected chi connectivity index (χ1v) is 8.12. The highest BCUT2D eigenvalue weighted by Crippen LogP contribution is 2.17. The summed E-state index contributed by atoms with van der Waals surface area (Å²) in [6.07, 6.45) is 9.20. The van der Waals surface area contributed by atoms with Crippen molar-refractivity contribution in [3.05, 3.63) is 108 Å². The predicted molar refractivity (Wildman–Crippen MR) is 100 cm³/mol. The van der Waals surface area contributed by atoms with E-state index in [0.29, 0.717) is 0 Å². The summed E-state index contributed by atoms with van der Waals surface area (Å²) in [6, 6.07) is 20.1. The van der Waals surface area contributed by atoms with Crippen molar-refractivity contribution in [2.24, 2.45) is 10.9 Å². The van der Waals surface area contributed by atoms with Gasteiger partial charge in [-0.15, -0.1) is 0 Å². The van der Waals surface area contributed by atoms with Crippen molar-refractivity contribution in [1.29, 1.82) is 0 Å². The number of benzene rings is 2. The Labute approximate surface area is 147 Å². The van der Waals surface area contributed by atoms with Gasteiger partial charge in [-0.05, 0) is 12.2 Å². The second-order valence-corrected chi connectivity index (χ2v) is 5.58. The third-order valence-corrected chi connectivity index (χ3v) is 3.87. The van der Waals surface area contributed by atoms with Crippen molar-refractivity contribution in [2.75, 3.05) is 7.11 Å². The van der Waals surface area contributed by atoms with Crippen LogP contribution in [-0.4, -0.2) is 18.8 Å². The van der Waals surface area contributed by atoms with Crippen molar-refractivity contribution in [3.8, 4) is 0 Å². The van der Waals surface area contributed by atoms with Gasteiger partial charge in [0.2, 0.25) is 0 Å². The van der Waals surface area contributed by atoms with E-state index in [4.69, 9.17) is 9.73 Å².